The number of aromatic nitrogens is 1. The Balaban J connectivity index is 1.60. The third kappa shape index (κ3) is 2.81. The van der Waals surface area contributed by atoms with Gasteiger partial charge in [-0.3, -0.25) is 4.90 Å². The van der Waals surface area contributed by atoms with Gasteiger partial charge >= 0.3 is 0 Å². The molecule has 2 aliphatic heterocycles. The van der Waals surface area contributed by atoms with Crippen LogP contribution in [0.25, 0.3) is 0 Å². The predicted molar refractivity (Wildman–Crippen MR) is 81.3 cm³/mol. The highest BCUT2D eigenvalue weighted by atomic mass is 16.5. The molecule has 1 aromatic heterocycles. The highest BCUT2D eigenvalue weighted by Crippen LogP contribution is 2.24. The van der Waals surface area contributed by atoms with Gasteiger partial charge in [-0.25, -0.2) is 4.98 Å². The number of hydrogen-bond acceptors (Lipinski definition) is 4. The molecule has 0 saturated carbocycles. The summed E-state index contributed by atoms with van der Waals surface area (Å²) in [6.45, 7) is 12.9. The van der Waals surface area contributed by atoms with E-state index in [4.69, 9.17) is 4.74 Å². The van der Waals surface area contributed by atoms with Crippen LogP contribution >= 0.6 is 0 Å². The lowest BCUT2D eigenvalue weighted by atomic mass is 9.88. The van der Waals surface area contributed by atoms with Crippen LogP contribution < -0.4 is 4.90 Å². The summed E-state index contributed by atoms with van der Waals surface area (Å²) in [6.07, 6.45) is 2.03. The second-order valence-corrected chi connectivity index (χ2v) is 6.87. The van der Waals surface area contributed by atoms with Gasteiger partial charge in [0.15, 0.2) is 0 Å². The zero-order valence-corrected chi connectivity index (χ0v) is 12.8. The van der Waals surface area contributed by atoms with Crippen LogP contribution in [0.2, 0.25) is 0 Å². The first kappa shape index (κ1) is 13.8. The van der Waals surface area contributed by atoms with Crippen molar-refractivity contribution in [3.8, 4) is 0 Å². The van der Waals surface area contributed by atoms with Gasteiger partial charge in [0.25, 0.3) is 0 Å². The number of ether oxygens (including phenoxy) is 1. The summed E-state index contributed by atoms with van der Waals surface area (Å²) >= 11 is 0. The number of anilines is 1. The first-order chi connectivity index (χ1) is 9.54. The third-order valence-electron chi connectivity index (χ3n) is 4.39. The van der Waals surface area contributed by atoms with E-state index in [1.54, 1.807) is 0 Å². The maximum absolute atomic E-state index is 5.28. The smallest absolute Gasteiger partial charge is 0.128 e. The van der Waals surface area contributed by atoms with E-state index in [-0.39, 0.29) is 5.41 Å². The number of pyridine rings is 1. The lowest BCUT2D eigenvalue weighted by Gasteiger charge is -2.42. The van der Waals surface area contributed by atoms with Crippen molar-refractivity contribution in [3.05, 3.63) is 23.9 Å². The van der Waals surface area contributed by atoms with Crippen LogP contribution in [-0.4, -0.2) is 55.3 Å². The molecule has 3 rings (SSSR count). The van der Waals surface area contributed by atoms with Gasteiger partial charge in [-0.15, -0.1) is 0 Å². The molecule has 1 aromatic rings. The van der Waals surface area contributed by atoms with E-state index < -0.39 is 0 Å². The first-order valence-electron chi connectivity index (χ1n) is 7.57. The van der Waals surface area contributed by atoms with Crippen molar-refractivity contribution >= 4 is 5.82 Å². The first-order valence-corrected chi connectivity index (χ1v) is 7.57. The van der Waals surface area contributed by atoms with Gasteiger partial charge in [0.05, 0.1) is 19.3 Å². The molecule has 0 bridgehead atoms. The van der Waals surface area contributed by atoms with Gasteiger partial charge in [-0.1, -0.05) is 26.8 Å². The molecular formula is C16H25N3O. The molecule has 0 N–H and O–H groups in total. The maximum atomic E-state index is 5.28. The fourth-order valence-corrected chi connectivity index (χ4v) is 2.77. The Morgan fingerprint density at radius 1 is 1.10 bits per heavy atom. The van der Waals surface area contributed by atoms with Crippen LogP contribution in [0.3, 0.4) is 0 Å². The second-order valence-electron chi connectivity index (χ2n) is 6.87. The summed E-state index contributed by atoms with van der Waals surface area (Å²) in [5, 5.41) is 0. The van der Waals surface area contributed by atoms with E-state index in [1.165, 1.54) is 5.56 Å². The molecule has 3 heterocycles. The number of hydrogen-bond donors (Lipinski definition) is 0. The van der Waals surface area contributed by atoms with Crippen molar-refractivity contribution < 1.29 is 4.74 Å². The summed E-state index contributed by atoms with van der Waals surface area (Å²) in [5.74, 6) is 1.11. The number of nitrogens with zero attached hydrogens (tertiary/aromatic N) is 3. The fraction of sp³-hybridized carbons (Fsp3) is 0.688. The minimum atomic E-state index is 0.175. The predicted octanol–water partition coefficient (Wildman–Crippen LogP) is 1.90. The van der Waals surface area contributed by atoms with Gasteiger partial charge in [0.1, 0.15) is 5.82 Å². The van der Waals surface area contributed by atoms with Crippen molar-refractivity contribution in [2.75, 3.05) is 44.3 Å². The van der Waals surface area contributed by atoms with E-state index in [1.807, 2.05) is 6.20 Å². The average Bonchev–Trinajstić information content (AvgIpc) is 2.37. The summed E-state index contributed by atoms with van der Waals surface area (Å²) in [4.78, 5) is 9.59. The lowest BCUT2D eigenvalue weighted by molar-refractivity contribution is -0.0661. The Morgan fingerprint density at radius 2 is 1.80 bits per heavy atom. The summed E-state index contributed by atoms with van der Waals surface area (Å²) in [6, 6.07) is 5.05. The quantitative estimate of drug-likeness (QED) is 0.824. The van der Waals surface area contributed by atoms with Crippen LogP contribution in [0.15, 0.2) is 18.3 Å². The highest BCUT2D eigenvalue weighted by Gasteiger charge is 2.29. The zero-order valence-electron chi connectivity index (χ0n) is 12.8. The summed E-state index contributed by atoms with van der Waals surface area (Å²) < 4.78 is 5.28. The average molecular weight is 275 g/mol. The molecular weight excluding hydrogens is 250 g/mol. The second kappa shape index (κ2) is 5.34. The van der Waals surface area contributed by atoms with Crippen molar-refractivity contribution in [1.29, 1.82) is 0 Å². The molecule has 0 aromatic carbocycles. The Hall–Kier alpha value is -1.13. The Bertz CT molecular complexity index is 440. The number of rotatable bonds is 2. The lowest BCUT2D eigenvalue weighted by Crippen LogP contribution is -2.56. The standard InChI is InChI=1S/C16H25N3O/c1-16(2,3)13-4-5-15(17-10-13)19-8-6-18(7-9-19)14-11-20-12-14/h4-5,10,14H,6-9,11-12H2,1-3H3. The maximum Gasteiger partial charge on any atom is 0.128 e. The Labute approximate surface area is 121 Å². The highest BCUT2D eigenvalue weighted by molar-refractivity contribution is 5.41. The van der Waals surface area contributed by atoms with Gasteiger partial charge in [-0.2, -0.15) is 0 Å². The van der Waals surface area contributed by atoms with Crippen molar-refractivity contribution in [2.24, 2.45) is 0 Å². The third-order valence-corrected chi connectivity index (χ3v) is 4.39. The zero-order chi connectivity index (χ0) is 14.2. The van der Waals surface area contributed by atoms with Gasteiger partial charge in [0.2, 0.25) is 0 Å². The molecule has 20 heavy (non-hydrogen) atoms. The molecule has 0 atom stereocenters. The molecule has 2 fully saturated rings. The largest absolute Gasteiger partial charge is 0.378 e. The molecule has 0 radical (unpaired) electrons. The van der Waals surface area contributed by atoms with Crippen LogP contribution in [-0.2, 0) is 10.2 Å². The van der Waals surface area contributed by atoms with E-state index in [0.717, 1.165) is 45.2 Å². The SMILES string of the molecule is CC(C)(C)c1ccc(N2CCN(C3COC3)CC2)nc1. The molecule has 4 heteroatoms. The monoisotopic (exact) mass is 275 g/mol. The van der Waals surface area contributed by atoms with E-state index in [9.17, 15) is 0 Å². The van der Waals surface area contributed by atoms with Gasteiger partial charge in [0, 0.05) is 32.4 Å². The minimum absolute atomic E-state index is 0.175. The van der Waals surface area contributed by atoms with Crippen LogP contribution in [0.4, 0.5) is 5.82 Å². The van der Waals surface area contributed by atoms with E-state index in [0.29, 0.717) is 6.04 Å². The van der Waals surface area contributed by atoms with Crippen LogP contribution in [0.5, 0.6) is 0 Å². The molecule has 0 unspecified atom stereocenters. The summed E-state index contributed by atoms with van der Waals surface area (Å²) in [5.41, 5.74) is 1.47. The molecule has 4 nitrogen and oxygen atoms in total. The van der Waals surface area contributed by atoms with Crippen molar-refractivity contribution in [1.82, 2.24) is 9.88 Å². The van der Waals surface area contributed by atoms with E-state index in [2.05, 4.69) is 47.7 Å². The van der Waals surface area contributed by atoms with Gasteiger partial charge < -0.3 is 9.64 Å². The van der Waals surface area contributed by atoms with Gasteiger partial charge in [-0.05, 0) is 17.0 Å². The molecule has 110 valence electrons. The fourth-order valence-electron chi connectivity index (χ4n) is 2.77. The minimum Gasteiger partial charge on any atom is -0.378 e. The molecule has 2 aliphatic rings. The molecule has 0 spiro atoms. The van der Waals surface area contributed by atoms with Crippen LogP contribution in [0, 0.1) is 0 Å². The van der Waals surface area contributed by atoms with Crippen molar-refractivity contribution in [2.45, 2.75) is 32.2 Å². The molecule has 0 amide bonds. The van der Waals surface area contributed by atoms with Crippen LogP contribution in [0.1, 0.15) is 26.3 Å². The topological polar surface area (TPSA) is 28.6 Å². The van der Waals surface area contributed by atoms with Crippen molar-refractivity contribution in [3.63, 3.8) is 0 Å². The van der Waals surface area contributed by atoms with E-state index >= 15 is 0 Å². The Kier molecular flexibility index (Phi) is 3.69. The number of piperazine rings is 1. The molecule has 0 aliphatic carbocycles. The normalized spacial score (nSPS) is 21.9. The molecule has 2 saturated heterocycles. The summed E-state index contributed by atoms with van der Waals surface area (Å²) in [7, 11) is 0. The Morgan fingerprint density at radius 3 is 2.25 bits per heavy atom.